The van der Waals surface area contributed by atoms with Crippen LogP contribution < -0.4 is 14.9 Å². The Kier molecular flexibility index (Phi) is 6.60. The third-order valence-corrected chi connectivity index (χ3v) is 4.12. The Morgan fingerprint density at radius 1 is 0.931 bits per heavy atom. The van der Waals surface area contributed by atoms with Crippen molar-refractivity contribution >= 4 is 29.7 Å². The normalized spacial score (nSPS) is 10.6. The van der Waals surface area contributed by atoms with E-state index in [1.165, 1.54) is 6.21 Å². The van der Waals surface area contributed by atoms with Gasteiger partial charge in [0, 0.05) is 10.6 Å². The van der Waals surface area contributed by atoms with Crippen molar-refractivity contribution in [2.24, 2.45) is 5.10 Å². The van der Waals surface area contributed by atoms with Gasteiger partial charge in [-0.2, -0.15) is 5.10 Å². The van der Waals surface area contributed by atoms with Crippen LogP contribution in [0.4, 0.5) is 0 Å². The fourth-order valence-electron chi connectivity index (χ4n) is 2.37. The molecule has 6 nitrogen and oxygen atoms in total. The second-order valence-electron chi connectivity index (χ2n) is 5.90. The number of ether oxygens (including phenoxy) is 2. The molecule has 3 aromatic rings. The lowest BCUT2D eigenvalue weighted by atomic mass is 10.2. The van der Waals surface area contributed by atoms with Crippen LogP contribution in [0.2, 0.25) is 5.02 Å². The maximum absolute atomic E-state index is 12.2. The largest absolute Gasteiger partial charge is 0.497 e. The van der Waals surface area contributed by atoms with E-state index in [2.05, 4.69) is 10.5 Å². The van der Waals surface area contributed by atoms with Gasteiger partial charge in [0.05, 0.1) is 18.9 Å². The number of rotatable bonds is 6. The highest BCUT2D eigenvalue weighted by molar-refractivity contribution is 6.30. The zero-order chi connectivity index (χ0) is 20.6. The second kappa shape index (κ2) is 9.52. The minimum Gasteiger partial charge on any atom is -0.497 e. The summed E-state index contributed by atoms with van der Waals surface area (Å²) in [7, 11) is 1.56. The minimum atomic E-state index is -0.470. The Labute approximate surface area is 172 Å². The Morgan fingerprint density at radius 2 is 1.62 bits per heavy atom. The molecular formula is C22H17ClN2O4. The number of amides is 1. The van der Waals surface area contributed by atoms with Gasteiger partial charge in [-0.05, 0) is 72.3 Å². The molecule has 0 saturated heterocycles. The lowest BCUT2D eigenvalue weighted by molar-refractivity contribution is 0.0734. The van der Waals surface area contributed by atoms with Crippen LogP contribution >= 0.6 is 11.6 Å². The van der Waals surface area contributed by atoms with Crippen LogP contribution in [0.25, 0.3) is 0 Å². The van der Waals surface area contributed by atoms with E-state index in [1.54, 1.807) is 79.9 Å². The summed E-state index contributed by atoms with van der Waals surface area (Å²) < 4.78 is 10.4. The van der Waals surface area contributed by atoms with Gasteiger partial charge in [-0.1, -0.05) is 17.7 Å². The summed E-state index contributed by atoms with van der Waals surface area (Å²) in [6, 6.07) is 19.9. The number of carbonyl (C=O) groups excluding carboxylic acids is 2. The third kappa shape index (κ3) is 5.67. The molecule has 29 heavy (non-hydrogen) atoms. The van der Waals surface area contributed by atoms with Crippen LogP contribution in [-0.2, 0) is 0 Å². The lowest BCUT2D eigenvalue weighted by Crippen LogP contribution is -2.17. The Bertz CT molecular complexity index is 1030. The summed E-state index contributed by atoms with van der Waals surface area (Å²) in [4.78, 5) is 24.1. The molecule has 0 atom stereocenters. The first-order valence-electron chi connectivity index (χ1n) is 8.60. The SMILES string of the molecule is COc1ccc(C(=O)Oc2ccc(/C=N/NC(=O)c3cccc(Cl)c3)cc2)cc1. The predicted octanol–water partition coefficient (Wildman–Crippen LogP) is 4.33. The summed E-state index contributed by atoms with van der Waals surface area (Å²) >= 11 is 5.86. The molecule has 0 unspecified atom stereocenters. The van der Waals surface area contributed by atoms with E-state index in [4.69, 9.17) is 21.1 Å². The Balaban J connectivity index is 1.56. The van der Waals surface area contributed by atoms with Crippen molar-refractivity contribution in [1.29, 1.82) is 0 Å². The number of esters is 1. The van der Waals surface area contributed by atoms with Crippen LogP contribution in [0.15, 0.2) is 77.9 Å². The van der Waals surface area contributed by atoms with Crippen molar-refractivity contribution < 1.29 is 19.1 Å². The molecular weight excluding hydrogens is 392 g/mol. The molecule has 0 fully saturated rings. The van der Waals surface area contributed by atoms with Crippen LogP contribution in [0.1, 0.15) is 26.3 Å². The smallest absolute Gasteiger partial charge is 0.343 e. The molecule has 7 heteroatoms. The van der Waals surface area contributed by atoms with Crippen molar-refractivity contribution in [3.05, 3.63) is 94.5 Å². The van der Waals surface area contributed by atoms with E-state index >= 15 is 0 Å². The molecule has 1 N–H and O–H groups in total. The average molecular weight is 409 g/mol. The molecule has 0 aliphatic rings. The van der Waals surface area contributed by atoms with Gasteiger partial charge >= 0.3 is 5.97 Å². The summed E-state index contributed by atoms with van der Waals surface area (Å²) in [6.45, 7) is 0. The van der Waals surface area contributed by atoms with Crippen LogP contribution in [-0.4, -0.2) is 25.2 Å². The van der Waals surface area contributed by atoms with E-state index in [0.29, 0.717) is 27.6 Å². The number of hydrazone groups is 1. The number of nitrogens with zero attached hydrogens (tertiary/aromatic N) is 1. The predicted molar refractivity (Wildman–Crippen MR) is 111 cm³/mol. The minimum absolute atomic E-state index is 0.367. The molecule has 0 aromatic heterocycles. The van der Waals surface area contributed by atoms with Gasteiger partial charge in [-0.3, -0.25) is 4.79 Å². The molecule has 1 amide bonds. The fraction of sp³-hybridized carbons (Fsp3) is 0.0455. The molecule has 0 heterocycles. The van der Waals surface area contributed by atoms with Crippen LogP contribution in [0, 0.1) is 0 Å². The number of halogens is 1. The second-order valence-corrected chi connectivity index (χ2v) is 6.33. The summed E-state index contributed by atoms with van der Waals surface area (Å²) in [5, 5.41) is 4.39. The maximum Gasteiger partial charge on any atom is 0.343 e. The highest BCUT2D eigenvalue weighted by Gasteiger charge is 2.08. The summed E-state index contributed by atoms with van der Waals surface area (Å²) in [5.41, 5.74) is 3.98. The van der Waals surface area contributed by atoms with E-state index in [1.807, 2.05) is 0 Å². The molecule has 0 radical (unpaired) electrons. The van der Waals surface area contributed by atoms with Crippen LogP contribution in [0.5, 0.6) is 11.5 Å². The van der Waals surface area contributed by atoms with Gasteiger partial charge < -0.3 is 9.47 Å². The topological polar surface area (TPSA) is 77.0 Å². The first-order chi connectivity index (χ1) is 14.0. The van der Waals surface area contributed by atoms with Gasteiger partial charge in [0.15, 0.2) is 0 Å². The quantitative estimate of drug-likeness (QED) is 0.285. The number of hydrogen-bond donors (Lipinski definition) is 1. The monoisotopic (exact) mass is 408 g/mol. The third-order valence-electron chi connectivity index (χ3n) is 3.88. The molecule has 0 bridgehead atoms. The molecule has 0 spiro atoms. The van der Waals surface area contributed by atoms with Crippen molar-refractivity contribution in [2.75, 3.05) is 7.11 Å². The highest BCUT2D eigenvalue weighted by atomic mass is 35.5. The zero-order valence-corrected chi connectivity index (χ0v) is 16.2. The molecule has 3 aromatic carbocycles. The average Bonchev–Trinajstić information content (AvgIpc) is 2.75. The van der Waals surface area contributed by atoms with E-state index in [-0.39, 0.29) is 5.91 Å². The van der Waals surface area contributed by atoms with Gasteiger partial charge in [-0.25, -0.2) is 10.2 Å². The number of hydrogen-bond acceptors (Lipinski definition) is 5. The van der Waals surface area contributed by atoms with Gasteiger partial charge in [0.2, 0.25) is 0 Å². The number of benzene rings is 3. The van der Waals surface area contributed by atoms with Crippen molar-refractivity contribution in [3.63, 3.8) is 0 Å². The zero-order valence-electron chi connectivity index (χ0n) is 15.5. The standard InChI is InChI=1S/C22H17ClN2O4/c1-28-19-11-7-16(8-12-19)22(27)29-20-9-5-15(6-10-20)14-24-25-21(26)17-3-2-4-18(23)13-17/h2-14H,1H3,(H,25,26)/b24-14+. The van der Waals surface area contributed by atoms with Gasteiger partial charge in [0.25, 0.3) is 5.91 Å². The molecule has 0 aliphatic carbocycles. The van der Waals surface area contributed by atoms with Crippen LogP contribution in [0.3, 0.4) is 0 Å². The Morgan fingerprint density at radius 3 is 2.28 bits per heavy atom. The van der Waals surface area contributed by atoms with E-state index < -0.39 is 5.97 Å². The summed E-state index contributed by atoms with van der Waals surface area (Å²) in [5.74, 6) is 0.218. The van der Waals surface area contributed by atoms with Gasteiger partial charge in [-0.15, -0.1) is 0 Å². The highest BCUT2D eigenvalue weighted by Crippen LogP contribution is 2.16. The fourth-order valence-corrected chi connectivity index (χ4v) is 2.56. The number of carbonyl (C=O) groups is 2. The molecule has 0 aliphatic heterocycles. The van der Waals surface area contributed by atoms with Crippen molar-refractivity contribution in [2.45, 2.75) is 0 Å². The molecule has 146 valence electrons. The molecule has 3 rings (SSSR count). The molecule has 0 saturated carbocycles. The first kappa shape index (κ1) is 20.1. The van der Waals surface area contributed by atoms with E-state index in [9.17, 15) is 9.59 Å². The number of methoxy groups -OCH3 is 1. The van der Waals surface area contributed by atoms with Gasteiger partial charge in [0.1, 0.15) is 11.5 Å². The number of nitrogens with one attached hydrogen (secondary N) is 1. The lowest BCUT2D eigenvalue weighted by Gasteiger charge is -2.05. The van der Waals surface area contributed by atoms with E-state index in [0.717, 1.165) is 5.56 Å². The maximum atomic E-state index is 12.2. The first-order valence-corrected chi connectivity index (χ1v) is 8.98. The summed E-state index contributed by atoms with van der Waals surface area (Å²) in [6.07, 6.45) is 1.48. The van der Waals surface area contributed by atoms with Crippen molar-refractivity contribution in [3.8, 4) is 11.5 Å². The Hall–Kier alpha value is -3.64. The van der Waals surface area contributed by atoms with Crippen molar-refractivity contribution in [1.82, 2.24) is 5.43 Å².